The Bertz CT molecular complexity index is 1520. The first kappa shape index (κ1) is 71.0. The predicted molar refractivity (Wildman–Crippen MR) is 253 cm³/mol. The summed E-state index contributed by atoms with van der Waals surface area (Å²) in [6.45, 7) is 55.2. The molecule has 8 aliphatic heterocycles. The van der Waals surface area contributed by atoms with E-state index >= 15 is 0 Å². The van der Waals surface area contributed by atoms with E-state index in [2.05, 4.69) is 100 Å². The first-order valence-corrected chi connectivity index (χ1v) is 31.0. The van der Waals surface area contributed by atoms with Crippen molar-refractivity contribution < 1.29 is 190 Å². The number of hydrogen-bond acceptors (Lipinski definition) is 14. The molecule has 0 aromatic heterocycles. The van der Waals surface area contributed by atoms with Gasteiger partial charge >= 0.3 is 0 Å². The molecule has 69 heavy (non-hydrogen) atoms. The summed E-state index contributed by atoms with van der Waals surface area (Å²) in [5.41, 5.74) is -1.80. The Kier molecular flexibility index (Phi) is 28.7. The van der Waals surface area contributed by atoms with Crippen molar-refractivity contribution in [2.24, 2.45) is 17.8 Å². The van der Waals surface area contributed by atoms with E-state index in [1.807, 2.05) is 27.1 Å². The molecule has 14 atom stereocenters. The maximum Gasteiger partial charge on any atom is 0.238 e. The molecule has 8 aliphatic rings. The number of aliphatic hydroxyl groups is 2. The molecule has 0 aliphatic carbocycles. The summed E-state index contributed by atoms with van der Waals surface area (Å²) in [5, 5.41) is 20.0. The smallest absolute Gasteiger partial charge is 0.238 e. The van der Waals surface area contributed by atoms with Gasteiger partial charge in [-0.15, -0.1) is 0 Å². The SMILES string of the molecule is CC(C)[C@@]12CO[C@@H]([CH-]O1)[C@@H]2O.CC(C)[C@@]12CO[C@@H]([CH-]O1)[C@H]2O[Si](C)(C)C(C)(C)C.CC(O)[C@@]12CO[C@@H]([CH-]O1)[C@H]2O[Si](C)(C)C(C)(C)C.[C-]#[N+]CCOP(C)O[C@H]1[C@@H]2[CH-]O[C@@]1(C(C)C)CO2.[U].[U].[U].[U]. The van der Waals surface area contributed by atoms with Crippen molar-refractivity contribution in [1.82, 2.24) is 0 Å². The molecule has 15 nitrogen and oxygen atoms in total. The first-order valence-electron chi connectivity index (χ1n) is 23.6. The number of aliphatic hydroxyl groups excluding tert-OH is 2. The van der Waals surface area contributed by atoms with Crippen LogP contribution in [-0.4, -0.2) is 150 Å². The van der Waals surface area contributed by atoms with Crippen LogP contribution in [-0.2, 0) is 55.8 Å². The molecule has 2 unspecified atom stereocenters. The third-order valence-corrected chi connectivity index (χ3v) is 25.7. The van der Waals surface area contributed by atoms with Gasteiger partial charge in [-0.1, -0.05) is 83.1 Å². The van der Waals surface area contributed by atoms with Gasteiger partial charge in [0.15, 0.2) is 25.0 Å². The fraction of sp³-hybridized carbons (Fsp3) is 0.894. The molecule has 0 aromatic carbocycles. The summed E-state index contributed by atoms with van der Waals surface area (Å²) in [7, 11) is -4.68. The van der Waals surface area contributed by atoms with Crippen LogP contribution in [0.4, 0.5) is 0 Å². The Morgan fingerprint density at radius 3 is 1.23 bits per heavy atom. The van der Waals surface area contributed by atoms with Gasteiger partial charge in [-0.05, 0) is 85.4 Å². The zero-order valence-corrected chi connectivity index (χ0v) is 64.2. The van der Waals surface area contributed by atoms with E-state index in [1.54, 1.807) is 26.7 Å². The molecule has 0 saturated carbocycles. The van der Waals surface area contributed by atoms with Gasteiger partial charge in [0.05, 0.1) is 73.8 Å². The topological polar surface area (TPSA) is 156 Å². The zero-order valence-electron chi connectivity index (χ0n) is 44.7. The number of hydrogen-bond donors (Lipinski definition) is 2. The molecule has 0 amide bonds. The standard InChI is InChI=1S/C14H27O3Si.C13H25O4Si.C12H19NO4P.C8H13O3.4U/c1-10(2)14-9-15-11(8-16-14)12(14)17-18(6,7)13(3,4)5;1-9(14)13-8-15-10(7-16-13)11(13)17-18(5,6)12(2,3)4;1-9(2)12-8-14-10(7-15-12)11(12)17-18(4)16-6-5-13-3;1-5(2)8-4-10-6(3-11-8)7(8)9;;;;/h8,10-12H,9H2,1-7H3;7,9-11,14H,8H2,1-6H3;7,9-11H,5-6,8H2,1-2,4H3;3,5-7,9H,4H2,1-2H3;;;;/q4*-1;;;;/t11-,12+,14+;9?,10-,11+,13+;10-,11-,12+,18?;6-,7-,8+;;;;/m0000..../s1. The number of nitrogens with zero attached hydrogens (tertiary/aromatic N) is 1. The fourth-order valence-electron chi connectivity index (χ4n) is 8.57. The second-order valence-corrected chi connectivity index (χ2v) is 33.7. The second-order valence-electron chi connectivity index (χ2n) is 22.8. The maximum atomic E-state index is 10.0. The Labute approximate surface area is 514 Å². The minimum atomic E-state index is -1.90. The van der Waals surface area contributed by atoms with Crippen molar-refractivity contribution in [2.45, 2.75) is 204 Å². The zero-order chi connectivity index (χ0) is 48.8. The molecule has 8 fully saturated rings. The van der Waals surface area contributed by atoms with Crippen LogP contribution in [0.25, 0.3) is 4.85 Å². The van der Waals surface area contributed by atoms with Crippen LogP contribution in [0.2, 0.25) is 36.3 Å². The van der Waals surface area contributed by atoms with Crippen molar-refractivity contribution in [3.05, 3.63) is 37.8 Å². The van der Waals surface area contributed by atoms with Gasteiger partial charge < -0.3 is 70.9 Å². The van der Waals surface area contributed by atoms with Crippen LogP contribution >= 0.6 is 8.38 Å². The molecule has 22 heteroatoms. The number of fused-ring (bicyclic) bond motifs is 8. The van der Waals surface area contributed by atoms with Crippen LogP contribution in [0.15, 0.2) is 0 Å². The van der Waals surface area contributed by atoms with Gasteiger partial charge in [0.2, 0.25) is 6.54 Å². The fourth-order valence-corrected chi connectivity index (χ4v) is 12.2. The molecule has 8 heterocycles. The Hall–Kier alpha value is 4.00. The van der Waals surface area contributed by atoms with Gasteiger partial charge in [-0.25, -0.2) is 6.57 Å². The van der Waals surface area contributed by atoms with Crippen LogP contribution in [0.3, 0.4) is 0 Å². The molecular formula is C47H84NO14PSi2U4-4. The summed E-state index contributed by atoms with van der Waals surface area (Å²) in [5.74, 6) is 1.01. The van der Waals surface area contributed by atoms with Crippen molar-refractivity contribution in [1.29, 1.82) is 0 Å². The van der Waals surface area contributed by atoms with Crippen molar-refractivity contribution in [3.63, 3.8) is 0 Å². The molecular weight excluding hydrogens is 1840 g/mol. The summed E-state index contributed by atoms with van der Waals surface area (Å²) >= 11 is 0. The molecule has 394 valence electrons. The van der Waals surface area contributed by atoms with E-state index in [9.17, 15) is 10.2 Å². The van der Waals surface area contributed by atoms with Crippen LogP contribution < -0.4 is 0 Å². The third-order valence-electron chi connectivity index (χ3n) is 15.7. The Morgan fingerprint density at radius 2 is 0.942 bits per heavy atom. The van der Waals surface area contributed by atoms with Crippen LogP contribution in [0.1, 0.15) is 90.0 Å². The Morgan fingerprint density at radius 1 is 0.609 bits per heavy atom. The second kappa shape index (κ2) is 27.9. The van der Waals surface area contributed by atoms with Crippen molar-refractivity contribution >= 4 is 25.0 Å². The quantitative estimate of drug-likeness (QED) is 0.0792. The van der Waals surface area contributed by atoms with Crippen LogP contribution in [0.5, 0.6) is 0 Å². The van der Waals surface area contributed by atoms with E-state index in [4.69, 9.17) is 62.4 Å². The average Bonchev–Trinajstić information content (AvgIpc) is 4.13. The Balaban J connectivity index is 0.000000457. The van der Waals surface area contributed by atoms with E-state index in [-0.39, 0.29) is 188 Å². The summed E-state index contributed by atoms with van der Waals surface area (Å²) in [6, 6.07) is 0. The van der Waals surface area contributed by atoms with E-state index in [0.29, 0.717) is 57.3 Å². The molecule has 0 aromatic rings. The van der Waals surface area contributed by atoms with Gasteiger partial charge in [0.1, 0.15) is 12.2 Å². The van der Waals surface area contributed by atoms with E-state index in [0.717, 1.165) is 0 Å². The van der Waals surface area contributed by atoms with Crippen molar-refractivity contribution in [3.8, 4) is 0 Å². The first-order chi connectivity index (χ1) is 30.0. The summed E-state index contributed by atoms with van der Waals surface area (Å²) in [6.07, 6.45) is -1.70. The number of ether oxygens (including phenoxy) is 8. The molecule has 0 spiro atoms. The average molecular weight is 1930 g/mol. The monoisotopic (exact) mass is 1930 g/mol. The molecule has 2 N–H and O–H groups in total. The minimum Gasteiger partial charge on any atom is -0.541 e. The predicted octanol–water partition coefficient (Wildman–Crippen LogP) is 8.02. The van der Waals surface area contributed by atoms with Gasteiger partial charge in [0.25, 0.3) is 0 Å². The third kappa shape index (κ3) is 15.1. The normalized spacial score (nSPS) is 36.7. The molecule has 8 saturated heterocycles. The summed E-state index contributed by atoms with van der Waals surface area (Å²) in [4.78, 5) is 3.25. The van der Waals surface area contributed by atoms with E-state index in [1.165, 1.54) is 0 Å². The largest absolute Gasteiger partial charge is 0.541 e. The van der Waals surface area contributed by atoms with Gasteiger partial charge in [-0.3, -0.25) is 0 Å². The summed E-state index contributed by atoms with van der Waals surface area (Å²) < 4.78 is 69.6. The molecule has 8 rings (SSSR count). The van der Waals surface area contributed by atoms with E-state index < -0.39 is 48.4 Å². The molecule has 8 bridgehead atoms. The number of rotatable bonds is 13. The minimum absolute atomic E-state index is 0. The molecule has 0 radical (unpaired) electrons. The van der Waals surface area contributed by atoms with Crippen LogP contribution in [0, 0.1) is 175 Å². The maximum absolute atomic E-state index is 10.0. The van der Waals surface area contributed by atoms with Gasteiger partial charge in [0, 0.05) is 131 Å². The van der Waals surface area contributed by atoms with Crippen molar-refractivity contribution in [2.75, 3.05) is 46.2 Å². The van der Waals surface area contributed by atoms with Gasteiger partial charge in [-0.2, -0.15) is 26.4 Å².